The Bertz CT molecular complexity index is 376. The molecular formula is C13H18Cl2N2. The minimum Gasteiger partial charge on any atom is -0.323 e. The number of hydrogen-bond donors (Lipinski definition) is 1. The minimum atomic E-state index is -0.0298. The first-order valence-electron chi connectivity index (χ1n) is 6.09. The summed E-state index contributed by atoms with van der Waals surface area (Å²) in [5, 5.41) is 1.32. The highest BCUT2D eigenvalue weighted by molar-refractivity contribution is 6.35. The van der Waals surface area contributed by atoms with E-state index in [1.165, 1.54) is 19.3 Å². The third-order valence-electron chi connectivity index (χ3n) is 3.27. The molecule has 1 heterocycles. The molecule has 1 saturated heterocycles. The van der Waals surface area contributed by atoms with Gasteiger partial charge >= 0.3 is 0 Å². The molecule has 1 aliphatic rings. The smallest absolute Gasteiger partial charge is 0.0469 e. The standard InChI is InChI=1S/C13H18Cl2N2/c14-10-4-5-11(12(15)8-10)13(16)9-17-6-2-1-3-7-17/h4-5,8,13H,1-3,6-7,9,16H2. The molecule has 2 N–H and O–H groups in total. The average Bonchev–Trinajstić information content (AvgIpc) is 2.30. The molecular weight excluding hydrogens is 255 g/mol. The molecule has 2 rings (SSSR count). The highest BCUT2D eigenvalue weighted by Gasteiger charge is 2.16. The van der Waals surface area contributed by atoms with Crippen molar-refractivity contribution in [1.29, 1.82) is 0 Å². The lowest BCUT2D eigenvalue weighted by atomic mass is 10.1. The Hall–Kier alpha value is -0.280. The van der Waals surface area contributed by atoms with Crippen LogP contribution in [0.1, 0.15) is 30.9 Å². The first-order valence-corrected chi connectivity index (χ1v) is 6.85. The summed E-state index contributed by atoms with van der Waals surface area (Å²) >= 11 is 12.0. The Kier molecular flexibility index (Phi) is 4.69. The van der Waals surface area contributed by atoms with E-state index in [0.29, 0.717) is 10.0 Å². The molecule has 17 heavy (non-hydrogen) atoms. The zero-order valence-electron chi connectivity index (χ0n) is 9.83. The Morgan fingerprint density at radius 2 is 1.88 bits per heavy atom. The second kappa shape index (κ2) is 6.05. The first-order chi connectivity index (χ1) is 8.16. The van der Waals surface area contributed by atoms with E-state index in [9.17, 15) is 0 Å². The van der Waals surface area contributed by atoms with Crippen LogP contribution in [0.25, 0.3) is 0 Å². The largest absolute Gasteiger partial charge is 0.323 e. The van der Waals surface area contributed by atoms with Gasteiger partial charge in [-0.05, 0) is 43.6 Å². The van der Waals surface area contributed by atoms with Crippen molar-refractivity contribution in [3.63, 3.8) is 0 Å². The van der Waals surface area contributed by atoms with Crippen molar-refractivity contribution in [3.8, 4) is 0 Å². The van der Waals surface area contributed by atoms with Gasteiger partial charge in [0.1, 0.15) is 0 Å². The second-order valence-corrected chi connectivity index (χ2v) is 5.48. The maximum absolute atomic E-state index is 6.21. The van der Waals surface area contributed by atoms with Crippen LogP contribution in [0, 0.1) is 0 Å². The van der Waals surface area contributed by atoms with Crippen LogP contribution in [0.3, 0.4) is 0 Å². The lowest BCUT2D eigenvalue weighted by Crippen LogP contribution is -2.36. The molecule has 0 aliphatic carbocycles. The van der Waals surface area contributed by atoms with Gasteiger partial charge in [-0.2, -0.15) is 0 Å². The van der Waals surface area contributed by atoms with Crippen LogP contribution in [-0.4, -0.2) is 24.5 Å². The summed E-state index contributed by atoms with van der Waals surface area (Å²) in [4.78, 5) is 2.42. The summed E-state index contributed by atoms with van der Waals surface area (Å²) in [5.41, 5.74) is 7.20. The van der Waals surface area contributed by atoms with Crippen molar-refractivity contribution >= 4 is 23.2 Å². The molecule has 1 aliphatic heterocycles. The summed E-state index contributed by atoms with van der Waals surface area (Å²) in [5.74, 6) is 0. The molecule has 0 bridgehead atoms. The lowest BCUT2D eigenvalue weighted by Gasteiger charge is -2.29. The molecule has 1 atom stereocenters. The van der Waals surface area contributed by atoms with E-state index in [0.717, 1.165) is 25.2 Å². The van der Waals surface area contributed by atoms with Crippen LogP contribution in [0.5, 0.6) is 0 Å². The van der Waals surface area contributed by atoms with Crippen LogP contribution in [0.15, 0.2) is 18.2 Å². The average molecular weight is 273 g/mol. The Balaban J connectivity index is 2.00. The third kappa shape index (κ3) is 3.59. The molecule has 0 aromatic heterocycles. The van der Waals surface area contributed by atoms with E-state index in [2.05, 4.69) is 4.90 Å². The number of nitrogens with zero attached hydrogens (tertiary/aromatic N) is 1. The van der Waals surface area contributed by atoms with Crippen molar-refractivity contribution < 1.29 is 0 Å². The molecule has 0 radical (unpaired) electrons. The molecule has 2 nitrogen and oxygen atoms in total. The SMILES string of the molecule is NC(CN1CCCCC1)c1ccc(Cl)cc1Cl. The zero-order valence-corrected chi connectivity index (χ0v) is 11.3. The molecule has 0 spiro atoms. The number of benzene rings is 1. The van der Waals surface area contributed by atoms with Gasteiger partial charge in [0.05, 0.1) is 0 Å². The third-order valence-corrected chi connectivity index (χ3v) is 3.83. The van der Waals surface area contributed by atoms with Crippen LogP contribution >= 0.6 is 23.2 Å². The van der Waals surface area contributed by atoms with Gasteiger partial charge in [-0.25, -0.2) is 0 Å². The molecule has 1 unspecified atom stereocenters. The van der Waals surface area contributed by atoms with Gasteiger partial charge in [0.25, 0.3) is 0 Å². The molecule has 94 valence electrons. The summed E-state index contributed by atoms with van der Waals surface area (Å²) in [6.07, 6.45) is 3.90. The fraction of sp³-hybridized carbons (Fsp3) is 0.538. The molecule has 1 aromatic rings. The van der Waals surface area contributed by atoms with E-state index in [-0.39, 0.29) is 6.04 Å². The molecule has 0 saturated carbocycles. The van der Waals surface area contributed by atoms with Crippen molar-refractivity contribution in [1.82, 2.24) is 4.90 Å². The van der Waals surface area contributed by atoms with Crippen molar-refractivity contribution in [2.75, 3.05) is 19.6 Å². The van der Waals surface area contributed by atoms with Gasteiger partial charge in [-0.3, -0.25) is 0 Å². The monoisotopic (exact) mass is 272 g/mol. The van der Waals surface area contributed by atoms with Crippen LogP contribution < -0.4 is 5.73 Å². The molecule has 4 heteroatoms. The van der Waals surface area contributed by atoms with Gasteiger partial charge in [0.15, 0.2) is 0 Å². The van der Waals surface area contributed by atoms with Crippen molar-refractivity contribution in [2.24, 2.45) is 5.73 Å². The lowest BCUT2D eigenvalue weighted by molar-refractivity contribution is 0.216. The number of likely N-dealkylation sites (tertiary alicyclic amines) is 1. The zero-order chi connectivity index (χ0) is 12.3. The maximum atomic E-state index is 6.21. The number of halogens is 2. The number of nitrogens with two attached hydrogens (primary N) is 1. The summed E-state index contributed by atoms with van der Waals surface area (Å²) in [7, 11) is 0. The predicted molar refractivity (Wildman–Crippen MR) is 73.7 cm³/mol. The number of piperidine rings is 1. The predicted octanol–water partition coefficient (Wildman–Crippen LogP) is 3.48. The highest BCUT2D eigenvalue weighted by Crippen LogP contribution is 2.26. The molecule has 0 amide bonds. The number of rotatable bonds is 3. The molecule has 1 fully saturated rings. The van der Waals surface area contributed by atoms with Crippen LogP contribution in [0.4, 0.5) is 0 Å². The van der Waals surface area contributed by atoms with Gasteiger partial charge in [-0.1, -0.05) is 35.7 Å². The number of hydrogen-bond acceptors (Lipinski definition) is 2. The van der Waals surface area contributed by atoms with Crippen molar-refractivity contribution in [3.05, 3.63) is 33.8 Å². The second-order valence-electron chi connectivity index (χ2n) is 4.63. The first kappa shape index (κ1) is 13.2. The molecule has 1 aromatic carbocycles. The van der Waals surface area contributed by atoms with Gasteiger partial charge in [0.2, 0.25) is 0 Å². The van der Waals surface area contributed by atoms with E-state index < -0.39 is 0 Å². The fourth-order valence-electron chi connectivity index (χ4n) is 2.32. The Morgan fingerprint density at radius 1 is 1.18 bits per heavy atom. The van der Waals surface area contributed by atoms with E-state index in [4.69, 9.17) is 28.9 Å². The van der Waals surface area contributed by atoms with Crippen molar-refractivity contribution in [2.45, 2.75) is 25.3 Å². The summed E-state index contributed by atoms with van der Waals surface area (Å²) < 4.78 is 0. The Morgan fingerprint density at radius 3 is 2.53 bits per heavy atom. The Labute approximate surface area is 113 Å². The van der Waals surface area contributed by atoms with Gasteiger partial charge in [-0.15, -0.1) is 0 Å². The fourth-order valence-corrected chi connectivity index (χ4v) is 2.87. The summed E-state index contributed by atoms with van der Waals surface area (Å²) in [6, 6.07) is 5.50. The quantitative estimate of drug-likeness (QED) is 0.913. The van der Waals surface area contributed by atoms with E-state index in [1.807, 2.05) is 12.1 Å². The van der Waals surface area contributed by atoms with Crippen LogP contribution in [-0.2, 0) is 0 Å². The van der Waals surface area contributed by atoms with Crippen LogP contribution in [0.2, 0.25) is 10.0 Å². The topological polar surface area (TPSA) is 29.3 Å². The normalized spacial score (nSPS) is 19.2. The highest BCUT2D eigenvalue weighted by atomic mass is 35.5. The van der Waals surface area contributed by atoms with E-state index >= 15 is 0 Å². The summed E-state index contributed by atoms with van der Waals surface area (Å²) in [6.45, 7) is 3.18. The van der Waals surface area contributed by atoms with Gasteiger partial charge < -0.3 is 10.6 Å². The van der Waals surface area contributed by atoms with E-state index in [1.54, 1.807) is 6.07 Å². The van der Waals surface area contributed by atoms with Gasteiger partial charge in [0, 0.05) is 22.6 Å². The maximum Gasteiger partial charge on any atom is 0.0469 e. The minimum absolute atomic E-state index is 0.0298.